The summed E-state index contributed by atoms with van der Waals surface area (Å²) in [6.07, 6.45) is 5.16. The van der Waals surface area contributed by atoms with Crippen LogP contribution in [0.2, 0.25) is 0 Å². The van der Waals surface area contributed by atoms with Gasteiger partial charge in [-0.1, -0.05) is 0 Å². The fourth-order valence-electron chi connectivity index (χ4n) is 2.31. The molecule has 1 aliphatic heterocycles. The van der Waals surface area contributed by atoms with Gasteiger partial charge in [0.1, 0.15) is 11.7 Å². The maximum Gasteiger partial charge on any atom is 0.190 e. The molecule has 0 bridgehead atoms. The number of imidazole rings is 1. The second-order valence-electron chi connectivity index (χ2n) is 4.38. The van der Waals surface area contributed by atoms with Crippen LogP contribution in [0, 0.1) is 6.57 Å². The summed E-state index contributed by atoms with van der Waals surface area (Å²) in [4.78, 5) is 7.89. The first-order valence-electron chi connectivity index (χ1n) is 5.95. The Morgan fingerprint density at radius 2 is 2.33 bits per heavy atom. The minimum absolute atomic E-state index is 0.0524. The summed E-state index contributed by atoms with van der Waals surface area (Å²) < 4.78 is 8.67. The summed E-state index contributed by atoms with van der Waals surface area (Å²) in [5, 5.41) is 0. The number of hydrogen-bond acceptors (Lipinski definition) is 2. The van der Waals surface area contributed by atoms with Crippen LogP contribution in [0.3, 0.4) is 0 Å². The molecule has 0 aliphatic carbocycles. The van der Waals surface area contributed by atoms with E-state index in [1.54, 1.807) is 12.4 Å². The standard InChI is InChI=1S/C13H12BrN3O/c1-15-9-6-10(14)13-11(7-9)17(8-16-13)12-4-2-3-5-18-12/h6-8,12H,2-5H2. The minimum Gasteiger partial charge on any atom is -0.358 e. The Labute approximate surface area is 114 Å². The zero-order valence-electron chi connectivity index (χ0n) is 9.77. The summed E-state index contributed by atoms with van der Waals surface area (Å²) in [5.41, 5.74) is 2.46. The van der Waals surface area contributed by atoms with Crippen molar-refractivity contribution in [1.29, 1.82) is 0 Å². The molecule has 18 heavy (non-hydrogen) atoms. The Balaban J connectivity index is 2.12. The second-order valence-corrected chi connectivity index (χ2v) is 5.23. The van der Waals surface area contributed by atoms with E-state index in [0.717, 1.165) is 35.0 Å². The van der Waals surface area contributed by atoms with Gasteiger partial charge < -0.3 is 9.30 Å². The predicted molar refractivity (Wildman–Crippen MR) is 72.5 cm³/mol. The first kappa shape index (κ1) is 11.7. The van der Waals surface area contributed by atoms with E-state index in [1.165, 1.54) is 6.42 Å². The third kappa shape index (κ3) is 1.92. The first-order valence-corrected chi connectivity index (χ1v) is 6.74. The van der Waals surface area contributed by atoms with Crippen LogP contribution < -0.4 is 0 Å². The maximum absolute atomic E-state index is 7.13. The number of benzene rings is 1. The van der Waals surface area contributed by atoms with Crippen molar-refractivity contribution >= 4 is 32.7 Å². The average Bonchev–Trinajstić information content (AvgIpc) is 2.84. The molecule has 0 radical (unpaired) electrons. The van der Waals surface area contributed by atoms with E-state index >= 15 is 0 Å². The monoisotopic (exact) mass is 305 g/mol. The summed E-state index contributed by atoms with van der Waals surface area (Å²) in [7, 11) is 0. The molecule has 1 atom stereocenters. The SMILES string of the molecule is [C-]#[N+]c1cc(Br)c2ncn(C3CCCCO3)c2c1. The maximum atomic E-state index is 7.13. The van der Waals surface area contributed by atoms with Gasteiger partial charge in [-0.2, -0.15) is 0 Å². The molecule has 1 aliphatic rings. The van der Waals surface area contributed by atoms with Crippen molar-refractivity contribution < 1.29 is 4.74 Å². The van der Waals surface area contributed by atoms with Gasteiger partial charge in [0.25, 0.3) is 0 Å². The van der Waals surface area contributed by atoms with Crippen molar-refractivity contribution in [3.05, 3.63) is 34.3 Å². The van der Waals surface area contributed by atoms with Crippen LogP contribution in [0.4, 0.5) is 5.69 Å². The third-order valence-electron chi connectivity index (χ3n) is 3.21. The first-order chi connectivity index (χ1) is 8.79. The van der Waals surface area contributed by atoms with Gasteiger partial charge in [0.15, 0.2) is 5.69 Å². The number of halogens is 1. The molecule has 0 saturated carbocycles. The summed E-state index contributed by atoms with van der Waals surface area (Å²) >= 11 is 3.47. The van der Waals surface area contributed by atoms with Gasteiger partial charge in [-0.15, -0.1) is 0 Å². The van der Waals surface area contributed by atoms with E-state index in [9.17, 15) is 0 Å². The van der Waals surface area contributed by atoms with Crippen molar-refractivity contribution in [1.82, 2.24) is 9.55 Å². The molecule has 2 aromatic rings. The molecule has 3 rings (SSSR count). The smallest absolute Gasteiger partial charge is 0.190 e. The van der Waals surface area contributed by atoms with Gasteiger partial charge >= 0.3 is 0 Å². The normalized spacial score (nSPS) is 19.9. The highest BCUT2D eigenvalue weighted by molar-refractivity contribution is 9.10. The Hall–Kier alpha value is -1.38. The van der Waals surface area contributed by atoms with Crippen LogP contribution in [0.15, 0.2) is 22.9 Å². The van der Waals surface area contributed by atoms with E-state index in [0.29, 0.717) is 5.69 Å². The highest BCUT2D eigenvalue weighted by atomic mass is 79.9. The number of fused-ring (bicyclic) bond motifs is 1. The van der Waals surface area contributed by atoms with Gasteiger partial charge in [-0.25, -0.2) is 9.83 Å². The van der Waals surface area contributed by atoms with Gasteiger partial charge in [0.2, 0.25) is 0 Å². The molecule has 4 nitrogen and oxygen atoms in total. The Kier molecular flexibility index (Phi) is 3.06. The van der Waals surface area contributed by atoms with Crippen molar-refractivity contribution in [2.75, 3.05) is 6.61 Å². The van der Waals surface area contributed by atoms with Crippen molar-refractivity contribution in [2.45, 2.75) is 25.5 Å². The van der Waals surface area contributed by atoms with E-state index in [4.69, 9.17) is 11.3 Å². The number of hydrogen-bond donors (Lipinski definition) is 0. The topological polar surface area (TPSA) is 31.4 Å². The molecule has 1 aromatic carbocycles. The van der Waals surface area contributed by atoms with Gasteiger partial charge in [-0.05, 0) is 47.3 Å². The number of aromatic nitrogens is 2. The highest BCUT2D eigenvalue weighted by Gasteiger charge is 2.18. The largest absolute Gasteiger partial charge is 0.358 e. The molecule has 1 saturated heterocycles. The summed E-state index contributed by atoms with van der Waals surface area (Å²) in [5.74, 6) is 0. The van der Waals surface area contributed by atoms with Crippen molar-refractivity contribution in [2.24, 2.45) is 0 Å². The zero-order chi connectivity index (χ0) is 12.5. The highest BCUT2D eigenvalue weighted by Crippen LogP contribution is 2.32. The molecule has 1 fully saturated rings. The van der Waals surface area contributed by atoms with Crippen LogP contribution in [-0.2, 0) is 4.74 Å². The molecule has 0 amide bonds. The Morgan fingerprint density at radius 3 is 3.06 bits per heavy atom. The number of nitrogens with zero attached hydrogens (tertiary/aromatic N) is 3. The van der Waals surface area contributed by atoms with E-state index < -0.39 is 0 Å². The number of rotatable bonds is 1. The average molecular weight is 306 g/mol. The molecular weight excluding hydrogens is 294 g/mol. The van der Waals surface area contributed by atoms with E-state index in [2.05, 4.69) is 25.8 Å². The molecule has 0 spiro atoms. The zero-order valence-corrected chi connectivity index (χ0v) is 11.4. The summed E-state index contributed by atoms with van der Waals surface area (Å²) in [6.45, 7) is 7.93. The van der Waals surface area contributed by atoms with Crippen LogP contribution in [0.1, 0.15) is 25.5 Å². The molecular formula is C13H12BrN3O. The lowest BCUT2D eigenvalue weighted by Gasteiger charge is -2.24. The second kappa shape index (κ2) is 4.71. The van der Waals surface area contributed by atoms with Gasteiger partial charge in [0.05, 0.1) is 18.4 Å². The lowest BCUT2D eigenvalue weighted by Crippen LogP contribution is -2.17. The summed E-state index contributed by atoms with van der Waals surface area (Å²) in [6, 6.07) is 3.67. The van der Waals surface area contributed by atoms with Crippen LogP contribution in [-0.4, -0.2) is 16.2 Å². The molecule has 2 heterocycles. The quantitative estimate of drug-likeness (QED) is 0.744. The van der Waals surface area contributed by atoms with Crippen LogP contribution >= 0.6 is 15.9 Å². The molecule has 1 aromatic heterocycles. The fourth-order valence-corrected chi connectivity index (χ4v) is 2.85. The third-order valence-corrected chi connectivity index (χ3v) is 3.82. The number of ether oxygens (including phenoxy) is 1. The molecule has 92 valence electrons. The Bertz CT molecular complexity index is 623. The van der Waals surface area contributed by atoms with Crippen molar-refractivity contribution in [3.8, 4) is 0 Å². The molecule has 0 N–H and O–H groups in total. The van der Waals surface area contributed by atoms with E-state index in [-0.39, 0.29) is 6.23 Å². The van der Waals surface area contributed by atoms with E-state index in [1.807, 2.05) is 10.6 Å². The Morgan fingerprint density at radius 1 is 1.44 bits per heavy atom. The molecule has 5 heteroatoms. The molecule has 1 unspecified atom stereocenters. The predicted octanol–water partition coefficient (Wildman–Crippen LogP) is 4.05. The lowest BCUT2D eigenvalue weighted by molar-refractivity contribution is -0.0295. The van der Waals surface area contributed by atoms with Crippen LogP contribution in [0.5, 0.6) is 0 Å². The van der Waals surface area contributed by atoms with Gasteiger partial charge in [-0.3, -0.25) is 0 Å². The fraction of sp³-hybridized carbons (Fsp3) is 0.385. The lowest BCUT2D eigenvalue weighted by atomic mass is 10.2. The van der Waals surface area contributed by atoms with Gasteiger partial charge in [0, 0.05) is 11.1 Å². The van der Waals surface area contributed by atoms with Crippen molar-refractivity contribution in [3.63, 3.8) is 0 Å². The van der Waals surface area contributed by atoms with Crippen LogP contribution in [0.25, 0.3) is 15.9 Å². The minimum atomic E-state index is 0.0524.